The number of nitrogens with zero attached hydrogens (tertiary/aromatic N) is 4. The van der Waals surface area contributed by atoms with E-state index in [1.54, 1.807) is 12.1 Å². The molecule has 0 aliphatic rings. The Hall–Kier alpha value is -3.35. The first-order valence-electron chi connectivity index (χ1n) is 11.7. The highest BCUT2D eigenvalue weighted by Crippen LogP contribution is 2.48. The van der Waals surface area contributed by atoms with E-state index < -0.39 is 47.2 Å². The van der Waals surface area contributed by atoms with E-state index in [-0.39, 0.29) is 50.3 Å². The van der Waals surface area contributed by atoms with Crippen LogP contribution in [0.2, 0.25) is 0 Å². The first-order valence-corrected chi connectivity index (χ1v) is 16.8. The van der Waals surface area contributed by atoms with E-state index in [0.29, 0.717) is 22.6 Å². The molecular weight excluding hydrogens is 737 g/mol. The van der Waals surface area contributed by atoms with Crippen LogP contribution in [0.1, 0.15) is 0 Å². The van der Waals surface area contributed by atoms with Crippen LogP contribution in [0, 0.1) is 0 Å². The largest absolute Gasteiger partial charge is 0.505 e. The molecule has 0 aliphatic carbocycles. The average molecular weight is 753 g/mol. The Morgan fingerprint density at radius 1 is 0.617 bits per heavy atom. The van der Waals surface area contributed by atoms with Crippen LogP contribution in [0.4, 0.5) is 22.7 Å². The molecule has 0 heterocycles. The van der Waals surface area contributed by atoms with Crippen LogP contribution in [0.15, 0.2) is 106 Å². The number of rotatable bonds is 15. The third kappa shape index (κ3) is 9.61. The van der Waals surface area contributed by atoms with Crippen LogP contribution in [-0.4, -0.2) is 46.8 Å². The molecule has 6 N–H and O–H groups in total. The number of hydrogen-bond acceptors (Lipinski definition) is 21. The van der Waals surface area contributed by atoms with Gasteiger partial charge in [-0.25, -0.2) is 15.8 Å². The Labute approximate surface area is 275 Å². The third-order valence-corrected chi connectivity index (χ3v) is 9.01. The number of aromatic hydroxyl groups is 1. The van der Waals surface area contributed by atoms with Crippen LogP contribution in [0.25, 0.3) is 10.8 Å². The second-order valence-corrected chi connectivity index (χ2v) is 13.3. The van der Waals surface area contributed by atoms with Crippen molar-refractivity contribution in [2.45, 2.75) is 24.5 Å². The lowest BCUT2D eigenvalue weighted by Crippen LogP contribution is -1.99. The zero-order valence-electron chi connectivity index (χ0n) is 22.4. The monoisotopic (exact) mass is 752 g/mol. The van der Waals surface area contributed by atoms with E-state index in [1.165, 1.54) is 18.2 Å². The second-order valence-electron chi connectivity index (χ2n) is 8.27. The summed E-state index contributed by atoms with van der Waals surface area (Å²) in [5.74, 6) is -0.750. The predicted octanol–water partition coefficient (Wildman–Crippen LogP) is 7.15. The van der Waals surface area contributed by atoms with Crippen molar-refractivity contribution in [1.82, 2.24) is 0 Å². The first kappa shape index (κ1) is 36.5. The summed E-state index contributed by atoms with van der Waals surface area (Å²) < 4.78 is 80.6. The van der Waals surface area contributed by atoms with Gasteiger partial charge >= 0.3 is 0 Å². The topological polar surface area (TPSA) is 294 Å². The highest BCUT2D eigenvalue weighted by molar-refractivity contribution is 7.95. The van der Waals surface area contributed by atoms with Gasteiger partial charge in [0.15, 0.2) is 5.75 Å². The van der Waals surface area contributed by atoms with Gasteiger partial charge in [-0.2, -0.15) is 27.1 Å². The van der Waals surface area contributed by atoms with Gasteiger partial charge in [0.05, 0.1) is 62.2 Å². The quantitative estimate of drug-likeness (QED) is 0.0231. The molecule has 25 heteroatoms. The number of hydrogen-bond donors (Lipinski definition) is 6. The molecule has 20 nitrogen and oxygen atoms in total. The van der Waals surface area contributed by atoms with E-state index in [4.69, 9.17) is 15.8 Å². The normalized spacial score (nSPS) is 12.5. The Kier molecular flexibility index (Phi) is 12.5. The Bertz CT molecular complexity index is 2030. The molecule has 47 heavy (non-hydrogen) atoms. The van der Waals surface area contributed by atoms with Crippen molar-refractivity contribution in [3.05, 3.63) is 60.7 Å². The molecule has 0 saturated carbocycles. The Morgan fingerprint density at radius 2 is 1.21 bits per heavy atom. The number of azo groups is 2. The lowest BCUT2D eigenvalue weighted by molar-refractivity contribution is -0.432. The molecule has 0 amide bonds. The van der Waals surface area contributed by atoms with E-state index in [9.17, 15) is 31.0 Å². The molecule has 0 spiro atoms. The molecule has 4 rings (SSSR count). The molecule has 0 fully saturated rings. The number of benzene rings is 4. The van der Waals surface area contributed by atoms with Gasteiger partial charge < -0.3 is 5.11 Å². The standard InChI is InChI=1S/C22H16N4O16S5/c27-22-20-11(7-15(46(31,32)33)10-17(20)44-41-38-29)8-18(45-42-39-30)21(22)26-25-16-6-3-13(9-19(16)47(34,35)36)24-23-12-1-4-14(5-2-12)43-40-37-28/h1-10,27-30H,(H,31,32,33)(H,34,35,36)/b24-23+,26-25+. The van der Waals surface area contributed by atoms with Gasteiger partial charge in [0.25, 0.3) is 20.2 Å². The van der Waals surface area contributed by atoms with Gasteiger partial charge in [0.2, 0.25) is 0 Å². The summed E-state index contributed by atoms with van der Waals surface area (Å²) in [7, 11) is -9.75. The van der Waals surface area contributed by atoms with E-state index in [2.05, 4.69) is 48.6 Å². The summed E-state index contributed by atoms with van der Waals surface area (Å²) in [4.78, 5) is -1.32. The molecular formula is C22H16N4O16S5. The minimum atomic E-state index is -4.95. The molecule has 0 radical (unpaired) electrons. The second kappa shape index (κ2) is 16.2. The van der Waals surface area contributed by atoms with Gasteiger partial charge in [-0.3, -0.25) is 9.11 Å². The van der Waals surface area contributed by atoms with Gasteiger partial charge in [-0.1, -0.05) is 15.1 Å². The third-order valence-electron chi connectivity index (χ3n) is 5.45. The highest BCUT2D eigenvalue weighted by Gasteiger charge is 2.23. The summed E-state index contributed by atoms with van der Waals surface area (Å²) in [6.07, 6.45) is 0. The molecule has 0 saturated heterocycles. The molecule has 0 bridgehead atoms. The van der Waals surface area contributed by atoms with Gasteiger partial charge in [-0.05, 0) is 66.0 Å². The molecule has 4 aromatic rings. The molecule has 0 aliphatic heterocycles. The number of phenolic OH excluding ortho intramolecular Hbond substituents is 1. The van der Waals surface area contributed by atoms with E-state index in [1.807, 2.05) is 0 Å². The van der Waals surface area contributed by atoms with Crippen LogP contribution in [0.3, 0.4) is 0 Å². The fourth-order valence-corrected chi connectivity index (χ4v) is 6.29. The van der Waals surface area contributed by atoms with Crippen molar-refractivity contribution in [1.29, 1.82) is 0 Å². The average Bonchev–Trinajstić information content (AvgIpc) is 3.03. The maximum atomic E-state index is 12.2. The van der Waals surface area contributed by atoms with Crippen molar-refractivity contribution < 1.29 is 74.9 Å². The number of phenols is 1. The SMILES string of the molecule is O=S(=O)(O)c1cc(SOOO)c2c(O)c(/N=N/c3ccc(/N=N/c4ccc(SOOO)cc4)cc3S(=O)(=O)O)c(SOOO)cc2c1. The smallest absolute Gasteiger partial charge is 0.296 e. The maximum absolute atomic E-state index is 12.2. The minimum absolute atomic E-state index is 0.0345. The summed E-state index contributed by atoms with van der Waals surface area (Å²) >= 11 is 1.18. The minimum Gasteiger partial charge on any atom is -0.505 e. The summed E-state index contributed by atoms with van der Waals surface area (Å²) in [6.45, 7) is 0. The Morgan fingerprint density at radius 3 is 1.83 bits per heavy atom. The van der Waals surface area contributed by atoms with Crippen molar-refractivity contribution in [3.8, 4) is 5.75 Å². The zero-order valence-corrected chi connectivity index (χ0v) is 26.5. The summed E-state index contributed by atoms with van der Waals surface area (Å²) in [6, 6.07) is 12.4. The predicted molar refractivity (Wildman–Crippen MR) is 158 cm³/mol. The lowest BCUT2D eigenvalue weighted by atomic mass is 10.1. The van der Waals surface area contributed by atoms with Crippen molar-refractivity contribution in [2.75, 3.05) is 0 Å². The van der Waals surface area contributed by atoms with Crippen molar-refractivity contribution in [3.63, 3.8) is 0 Å². The van der Waals surface area contributed by atoms with Crippen molar-refractivity contribution >= 4 is 89.9 Å². The van der Waals surface area contributed by atoms with Gasteiger partial charge in [0, 0.05) is 10.3 Å². The molecule has 0 unspecified atom stereocenters. The van der Waals surface area contributed by atoms with E-state index in [0.717, 1.165) is 30.3 Å². The first-order chi connectivity index (χ1) is 22.3. The maximum Gasteiger partial charge on any atom is 0.296 e. The Balaban J connectivity index is 1.78. The zero-order chi connectivity index (χ0) is 34.2. The number of fused-ring (bicyclic) bond motifs is 1. The fourth-order valence-electron chi connectivity index (χ4n) is 3.60. The van der Waals surface area contributed by atoms with Crippen LogP contribution in [0.5, 0.6) is 5.75 Å². The van der Waals surface area contributed by atoms with Gasteiger partial charge in [0.1, 0.15) is 16.3 Å². The summed E-state index contributed by atoms with van der Waals surface area (Å²) in [5, 5.41) is 62.6. The van der Waals surface area contributed by atoms with Crippen LogP contribution in [-0.2, 0) is 48.4 Å². The van der Waals surface area contributed by atoms with Gasteiger partial charge in [-0.15, -0.1) is 23.2 Å². The molecule has 250 valence electrons. The van der Waals surface area contributed by atoms with E-state index >= 15 is 0 Å². The van der Waals surface area contributed by atoms with Crippen LogP contribution >= 0.6 is 36.1 Å². The molecule has 4 aromatic carbocycles. The fraction of sp³-hybridized carbons (Fsp3) is 0. The highest BCUT2D eigenvalue weighted by atomic mass is 32.2. The lowest BCUT2D eigenvalue weighted by Gasteiger charge is -2.13. The molecule has 0 atom stereocenters. The summed E-state index contributed by atoms with van der Waals surface area (Å²) in [5.41, 5.74) is -0.608. The molecule has 0 aromatic heterocycles. The van der Waals surface area contributed by atoms with Crippen LogP contribution < -0.4 is 0 Å². The van der Waals surface area contributed by atoms with Crippen molar-refractivity contribution in [2.24, 2.45) is 20.5 Å².